The number of para-hydroxylation sites is 1. The minimum Gasteiger partial charge on any atom is -0.375 e. The molecule has 2 atom stereocenters. The van der Waals surface area contributed by atoms with Gasteiger partial charge in [0, 0.05) is 42.8 Å². The van der Waals surface area contributed by atoms with Gasteiger partial charge in [0.25, 0.3) is 5.56 Å². The number of hydrogen-bond acceptors (Lipinski definition) is 6. The third-order valence-electron chi connectivity index (χ3n) is 8.32. The van der Waals surface area contributed by atoms with E-state index < -0.39 is 24.1 Å². The third kappa shape index (κ3) is 5.19. The highest BCUT2D eigenvalue weighted by Gasteiger charge is 2.47. The summed E-state index contributed by atoms with van der Waals surface area (Å²) in [4.78, 5) is 19.1. The van der Waals surface area contributed by atoms with Crippen molar-refractivity contribution in [1.29, 1.82) is 0 Å². The molecule has 1 aliphatic carbocycles. The van der Waals surface area contributed by atoms with E-state index in [0.717, 1.165) is 66.1 Å². The quantitative estimate of drug-likeness (QED) is 0.161. The molecule has 1 N–H and O–H groups in total. The molecule has 3 aliphatic rings. The van der Waals surface area contributed by atoms with Gasteiger partial charge in [-0.3, -0.25) is 9.36 Å². The average molecular weight is 577 g/mol. The molecule has 40 heavy (non-hydrogen) atoms. The number of likely N-dealkylation sites (tertiary alicyclic amines) is 1. The lowest BCUT2D eigenvalue weighted by Gasteiger charge is -2.41. The van der Waals surface area contributed by atoms with E-state index in [9.17, 15) is 18.0 Å². The molecule has 2 aliphatic heterocycles. The SMILES string of the molecule is CN1CC2CCC(C1)N2c1cc2c(C3(Nc4ccccc4SCOCC(F)(F)F)CC3)cc(F)cc2c(=O)n1C. The van der Waals surface area contributed by atoms with E-state index >= 15 is 4.39 Å². The number of likely N-dealkylation sites (N-methyl/N-ethyl adjacent to an activating group) is 1. The number of anilines is 2. The van der Waals surface area contributed by atoms with Crippen LogP contribution in [-0.2, 0) is 17.3 Å². The Labute approximate surface area is 234 Å². The minimum atomic E-state index is -4.38. The van der Waals surface area contributed by atoms with Crippen molar-refractivity contribution in [1.82, 2.24) is 9.47 Å². The van der Waals surface area contributed by atoms with Crippen LogP contribution in [0.5, 0.6) is 0 Å². The Kier molecular flexibility index (Phi) is 7.03. The maximum Gasteiger partial charge on any atom is 0.411 e. The van der Waals surface area contributed by atoms with E-state index in [4.69, 9.17) is 4.74 Å². The summed E-state index contributed by atoms with van der Waals surface area (Å²) in [5.74, 6) is 0.240. The fourth-order valence-corrected chi connectivity index (χ4v) is 7.14. The molecule has 214 valence electrons. The van der Waals surface area contributed by atoms with Crippen molar-refractivity contribution in [3.05, 3.63) is 64.2 Å². The summed E-state index contributed by atoms with van der Waals surface area (Å²) < 4.78 is 59.0. The summed E-state index contributed by atoms with van der Waals surface area (Å²) in [6, 6.07) is 12.9. The Bertz CT molecular complexity index is 1480. The highest BCUT2D eigenvalue weighted by Crippen LogP contribution is 2.52. The number of pyridine rings is 1. The second-order valence-electron chi connectivity index (χ2n) is 11.2. The molecule has 1 aromatic heterocycles. The number of ether oxygens (including phenoxy) is 1. The number of alkyl halides is 3. The molecular weight excluding hydrogens is 544 g/mol. The number of rotatable bonds is 8. The first-order chi connectivity index (χ1) is 19.0. The van der Waals surface area contributed by atoms with Crippen molar-refractivity contribution in [3.63, 3.8) is 0 Å². The maximum atomic E-state index is 15.0. The zero-order chi connectivity index (χ0) is 28.2. The summed E-state index contributed by atoms with van der Waals surface area (Å²) in [5.41, 5.74) is 0.657. The molecule has 6 nitrogen and oxygen atoms in total. The molecule has 2 aromatic carbocycles. The number of halogens is 4. The average Bonchev–Trinajstić information content (AvgIpc) is 3.62. The molecule has 2 bridgehead atoms. The largest absolute Gasteiger partial charge is 0.411 e. The second kappa shape index (κ2) is 10.3. The summed E-state index contributed by atoms with van der Waals surface area (Å²) in [7, 11) is 3.89. The molecule has 0 radical (unpaired) electrons. The number of nitrogens with zero attached hydrogens (tertiary/aromatic N) is 3. The standard InChI is InChI=1S/C29H32F4N4O2S/c1-35-14-19-7-8-20(15-35)37(19)26-13-21-22(27(38)36(26)2)11-18(30)12-23(21)28(9-10-28)34-24-5-3-4-6-25(24)40-17-39-16-29(31,32)33/h3-6,11-13,19-20,34H,7-10,14-17H2,1-2H3. The van der Waals surface area contributed by atoms with E-state index in [1.807, 2.05) is 24.3 Å². The summed E-state index contributed by atoms with van der Waals surface area (Å²) in [6.45, 7) is 0.568. The van der Waals surface area contributed by atoms with Crippen LogP contribution in [0.3, 0.4) is 0 Å². The lowest BCUT2D eigenvalue weighted by molar-refractivity contribution is -0.168. The van der Waals surface area contributed by atoms with E-state index in [-0.39, 0.29) is 11.5 Å². The molecule has 1 saturated carbocycles. The van der Waals surface area contributed by atoms with Crippen LogP contribution in [-0.4, -0.2) is 60.4 Å². The second-order valence-corrected chi connectivity index (χ2v) is 12.2. The van der Waals surface area contributed by atoms with Crippen molar-refractivity contribution in [2.75, 3.05) is 42.9 Å². The summed E-state index contributed by atoms with van der Waals surface area (Å²) in [6.07, 6.45) is -0.762. The first kappa shape index (κ1) is 27.4. The van der Waals surface area contributed by atoms with Gasteiger partial charge >= 0.3 is 6.18 Å². The molecule has 6 rings (SSSR count). The minimum absolute atomic E-state index is 0.152. The van der Waals surface area contributed by atoms with Gasteiger partial charge < -0.3 is 19.9 Å². The van der Waals surface area contributed by atoms with Gasteiger partial charge in [0.15, 0.2) is 0 Å². The molecule has 0 amide bonds. The smallest absolute Gasteiger partial charge is 0.375 e. The molecule has 11 heteroatoms. The van der Waals surface area contributed by atoms with Crippen LogP contribution in [0.1, 0.15) is 31.2 Å². The van der Waals surface area contributed by atoms with Crippen molar-refractivity contribution in [2.24, 2.45) is 7.05 Å². The van der Waals surface area contributed by atoms with Crippen LogP contribution in [0.2, 0.25) is 0 Å². The molecule has 3 aromatic rings. The molecule has 2 saturated heterocycles. The Morgan fingerprint density at radius 3 is 2.42 bits per heavy atom. The molecular formula is C29H32F4N4O2S. The predicted octanol–water partition coefficient (Wildman–Crippen LogP) is 5.69. The Hall–Kier alpha value is -2.76. The number of thioether (sulfide) groups is 1. The van der Waals surface area contributed by atoms with Crippen LogP contribution in [0.25, 0.3) is 10.8 Å². The highest BCUT2D eigenvalue weighted by atomic mass is 32.2. The summed E-state index contributed by atoms with van der Waals surface area (Å²) >= 11 is 1.17. The number of nitrogens with one attached hydrogen (secondary N) is 1. The topological polar surface area (TPSA) is 49.7 Å². The van der Waals surface area contributed by atoms with Crippen molar-refractivity contribution in [2.45, 2.75) is 54.4 Å². The van der Waals surface area contributed by atoms with E-state index in [1.54, 1.807) is 11.6 Å². The lowest BCUT2D eigenvalue weighted by Crippen LogP contribution is -2.53. The first-order valence-corrected chi connectivity index (χ1v) is 14.5. The van der Waals surface area contributed by atoms with Gasteiger partial charge in [0.05, 0.1) is 16.9 Å². The van der Waals surface area contributed by atoms with Gasteiger partial charge in [-0.25, -0.2) is 4.39 Å². The third-order valence-corrected chi connectivity index (χ3v) is 9.27. The number of piperazine rings is 1. The lowest BCUT2D eigenvalue weighted by atomic mass is 9.96. The molecule has 3 heterocycles. The van der Waals surface area contributed by atoms with Crippen molar-refractivity contribution < 1.29 is 22.3 Å². The number of hydrogen-bond donors (Lipinski definition) is 1. The number of benzene rings is 2. The Balaban J connectivity index is 1.35. The molecule has 3 fully saturated rings. The molecule has 2 unspecified atom stereocenters. The van der Waals surface area contributed by atoms with Crippen LogP contribution < -0.4 is 15.8 Å². The Morgan fingerprint density at radius 1 is 1.05 bits per heavy atom. The maximum absolute atomic E-state index is 15.0. The van der Waals surface area contributed by atoms with E-state index in [0.29, 0.717) is 17.5 Å². The highest BCUT2D eigenvalue weighted by molar-refractivity contribution is 7.99. The van der Waals surface area contributed by atoms with Gasteiger partial charge in [-0.05, 0) is 74.0 Å². The first-order valence-electron chi connectivity index (χ1n) is 13.5. The number of fused-ring (bicyclic) bond motifs is 3. The zero-order valence-corrected chi connectivity index (χ0v) is 23.2. The fourth-order valence-electron chi connectivity index (χ4n) is 6.40. The van der Waals surface area contributed by atoms with Gasteiger partial charge in [-0.15, -0.1) is 0 Å². The van der Waals surface area contributed by atoms with Crippen LogP contribution >= 0.6 is 11.8 Å². The van der Waals surface area contributed by atoms with Gasteiger partial charge in [-0.1, -0.05) is 23.9 Å². The van der Waals surface area contributed by atoms with Crippen molar-refractivity contribution >= 4 is 34.0 Å². The van der Waals surface area contributed by atoms with Gasteiger partial charge in [0.1, 0.15) is 18.2 Å². The van der Waals surface area contributed by atoms with E-state index in [2.05, 4.69) is 28.2 Å². The van der Waals surface area contributed by atoms with Crippen LogP contribution in [0, 0.1) is 5.82 Å². The summed E-state index contributed by atoms with van der Waals surface area (Å²) in [5, 5.41) is 4.65. The van der Waals surface area contributed by atoms with E-state index in [1.165, 1.54) is 23.9 Å². The van der Waals surface area contributed by atoms with Crippen LogP contribution in [0.4, 0.5) is 29.1 Å². The fraction of sp³-hybridized carbons (Fsp3) is 0.483. The Morgan fingerprint density at radius 2 is 1.75 bits per heavy atom. The van der Waals surface area contributed by atoms with Gasteiger partial charge in [0.2, 0.25) is 0 Å². The zero-order valence-electron chi connectivity index (χ0n) is 22.4. The molecule has 0 spiro atoms. The number of aromatic nitrogens is 1. The van der Waals surface area contributed by atoms with Crippen LogP contribution in [0.15, 0.2) is 52.2 Å². The van der Waals surface area contributed by atoms with Gasteiger partial charge in [-0.2, -0.15) is 13.2 Å². The van der Waals surface area contributed by atoms with Crippen molar-refractivity contribution in [3.8, 4) is 0 Å². The normalized spacial score (nSPS) is 22.2. The monoisotopic (exact) mass is 576 g/mol. The predicted molar refractivity (Wildman–Crippen MR) is 150 cm³/mol.